The van der Waals surface area contributed by atoms with E-state index in [1.165, 1.54) is 12.0 Å². The molecular formula is C22H30N6. The van der Waals surface area contributed by atoms with Crippen molar-refractivity contribution in [3.05, 3.63) is 41.3 Å². The van der Waals surface area contributed by atoms with Gasteiger partial charge in [0.15, 0.2) is 0 Å². The lowest BCUT2D eigenvalue weighted by molar-refractivity contribution is 0.143. The van der Waals surface area contributed by atoms with Crippen molar-refractivity contribution in [3.8, 4) is 6.07 Å². The van der Waals surface area contributed by atoms with Gasteiger partial charge in [0, 0.05) is 24.5 Å². The van der Waals surface area contributed by atoms with Gasteiger partial charge < -0.3 is 10.6 Å². The van der Waals surface area contributed by atoms with Crippen LogP contribution in [0.2, 0.25) is 0 Å². The molecule has 0 amide bonds. The van der Waals surface area contributed by atoms with Crippen LogP contribution in [-0.2, 0) is 6.42 Å². The highest BCUT2D eigenvalue weighted by molar-refractivity contribution is 5.54. The topological polar surface area (TPSA) is 86.5 Å². The van der Waals surface area contributed by atoms with E-state index in [-0.39, 0.29) is 0 Å². The quantitative estimate of drug-likeness (QED) is 0.778. The Morgan fingerprint density at radius 2 is 2.04 bits per heavy atom. The maximum Gasteiger partial charge on any atom is 0.224 e. The minimum atomic E-state index is 0.291. The fourth-order valence-electron chi connectivity index (χ4n) is 3.72. The van der Waals surface area contributed by atoms with E-state index in [0.29, 0.717) is 41.2 Å². The van der Waals surface area contributed by atoms with Crippen LogP contribution < -0.4 is 10.6 Å². The summed E-state index contributed by atoms with van der Waals surface area (Å²) in [5, 5.41) is 16.2. The van der Waals surface area contributed by atoms with E-state index >= 15 is 0 Å². The highest BCUT2D eigenvalue weighted by Gasteiger charge is 2.34. The summed E-state index contributed by atoms with van der Waals surface area (Å²) < 4.78 is 0. The molecule has 148 valence electrons. The van der Waals surface area contributed by atoms with Crippen LogP contribution in [0.25, 0.3) is 0 Å². The summed E-state index contributed by atoms with van der Waals surface area (Å²) >= 11 is 0. The van der Waals surface area contributed by atoms with Crippen molar-refractivity contribution in [1.29, 1.82) is 5.26 Å². The van der Waals surface area contributed by atoms with Gasteiger partial charge in [-0.3, -0.25) is 4.98 Å². The molecule has 2 heterocycles. The fourth-order valence-corrected chi connectivity index (χ4v) is 3.72. The van der Waals surface area contributed by atoms with Gasteiger partial charge in [0.25, 0.3) is 0 Å². The van der Waals surface area contributed by atoms with E-state index in [0.717, 1.165) is 25.0 Å². The van der Waals surface area contributed by atoms with Crippen LogP contribution in [0.3, 0.4) is 0 Å². The molecule has 0 radical (unpaired) electrons. The second-order valence-corrected chi connectivity index (χ2v) is 8.56. The summed E-state index contributed by atoms with van der Waals surface area (Å²) in [5.74, 6) is 1.89. The van der Waals surface area contributed by atoms with Crippen molar-refractivity contribution in [2.24, 2.45) is 11.3 Å². The minimum absolute atomic E-state index is 0.291. The monoisotopic (exact) mass is 378 g/mol. The first-order valence-electron chi connectivity index (χ1n) is 10.1. The summed E-state index contributed by atoms with van der Waals surface area (Å²) in [5.41, 5.74) is 2.97. The summed E-state index contributed by atoms with van der Waals surface area (Å²) in [6.45, 7) is 9.67. The zero-order chi connectivity index (χ0) is 20.1. The Bertz CT molecular complexity index is 837. The van der Waals surface area contributed by atoms with Crippen molar-refractivity contribution < 1.29 is 0 Å². The number of nitriles is 1. The predicted molar refractivity (Wildman–Crippen MR) is 112 cm³/mol. The van der Waals surface area contributed by atoms with E-state index in [2.05, 4.69) is 58.5 Å². The molecule has 2 N–H and O–H groups in total. The fraction of sp³-hybridized carbons (Fsp3) is 0.545. The number of pyridine rings is 1. The first-order valence-corrected chi connectivity index (χ1v) is 10.1. The maximum absolute atomic E-state index is 9.43. The number of rotatable bonds is 6. The van der Waals surface area contributed by atoms with Crippen LogP contribution in [0, 0.1) is 29.6 Å². The lowest BCUT2D eigenvalue weighted by atomic mass is 9.68. The van der Waals surface area contributed by atoms with E-state index in [1.807, 2.05) is 19.2 Å². The first kappa shape index (κ1) is 20.1. The normalized spacial score (nSPS) is 21.0. The van der Waals surface area contributed by atoms with Crippen molar-refractivity contribution >= 4 is 11.8 Å². The molecule has 2 atom stereocenters. The molecular weight excluding hydrogens is 348 g/mol. The SMILES string of the molecule is Cc1ccc(CCNc2ncc(C#N)c(N[C@@H]3CC[C@H](C)C(C)(C)C3)n2)cn1. The molecule has 0 unspecified atom stereocenters. The summed E-state index contributed by atoms with van der Waals surface area (Å²) in [6, 6.07) is 6.64. The standard InChI is InChI=1S/C22H30N6/c1-15-5-8-19(11-22(15,3)4)27-20-18(12-23)14-26-21(28-20)24-10-9-17-7-6-16(2)25-13-17/h6-7,13-15,19H,5,8-11H2,1-4H3,(H2,24,26,27,28)/t15-,19+/m0/s1. The highest BCUT2D eigenvalue weighted by atomic mass is 15.1. The second-order valence-electron chi connectivity index (χ2n) is 8.56. The summed E-state index contributed by atoms with van der Waals surface area (Å²) in [7, 11) is 0. The molecule has 1 fully saturated rings. The molecule has 3 rings (SSSR count). The number of hydrogen-bond donors (Lipinski definition) is 2. The smallest absolute Gasteiger partial charge is 0.224 e. The second kappa shape index (κ2) is 8.55. The molecule has 1 aliphatic carbocycles. The van der Waals surface area contributed by atoms with Gasteiger partial charge >= 0.3 is 0 Å². The summed E-state index contributed by atoms with van der Waals surface area (Å²) in [6.07, 6.45) is 7.70. The molecule has 2 aromatic rings. The Balaban J connectivity index is 1.63. The number of aromatic nitrogens is 3. The Hall–Kier alpha value is -2.68. The zero-order valence-corrected chi connectivity index (χ0v) is 17.3. The predicted octanol–water partition coefficient (Wildman–Crippen LogP) is 4.33. The zero-order valence-electron chi connectivity index (χ0n) is 17.3. The van der Waals surface area contributed by atoms with E-state index in [4.69, 9.17) is 0 Å². The van der Waals surface area contributed by atoms with Gasteiger partial charge in [-0.25, -0.2) is 4.98 Å². The largest absolute Gasteiger partial charge is 0.366 e. The van der Waals surface area contributed by atoms with Crippen LogP contribution in [0.1, 0.15) is 56.9 Å². The molecule has 0 saturated heterocycles. The van der Waals surface area contributed by atoms with E-state index in [9.17, 15) is 5.26 Å². The molecule has 2 aromatic heterocycles. The first-order chi connectivity index (χ1) is 13.4. The average molecular weight is 379 g/mol. The molecule has 6 heteroatoms. The maximum atomic E-state index is 9.43. The highest BCUT2D eigenvalue weighted by Crippen LogP contribution is 2.41. The van der Waals surface area contributed by atoms with Crippen molar-refractivity contribution in [3.63, 3.8) is 0 Å². The van der Waals surface area contributed by atoms with Gasteiger partial charge in [-0.1, -0.05) is 26.8 Å². The minimum Gasteiger partial charge on any atom is -0.366 e. The number of anilines is 2. The van der Waals surface area contributed by atoms with Crippen LogP contribution in [0.5, 0.6) is 0 Å². The molecule has 0 aromatic carbocycles. The molecule has 0 bridgehead atoms. The Kier molecular flexibility index (Phi) is 6.13. The molecule has 1 aliphatic rings. The van der Waals surface area contributed by atoms with Crippen LogP contribution in [0.15, 0.2) is 24.5 Å². The number of hydrogen-bond acceptors (Lipinski definition) is 6. The Morgan fingerprint density at radius 3 is 2.71 bits per heavy atom. The van der Waals surface area contributed by atoms with Crippen molar-refractivity contribution in [2.45, 2.75) is 59.4 Å². The number of aryl methyl sites for hydroxylation is 1. The van der Waals surface area contributed by atoms with Crippen molar-refractivity contribution in [2.75, 3.05) is 17.2 Å². The summed E-state index contributed by atoms with van der Waals surface area (Å²) in [4.78, 5) is 13.2. The lowest BCUT2D eigenvalue weighted by Crippen LogP contribution is -2.37. The molecule has 0 aliphatic heterocycles. The molecule has 1 saturated carbocycles. The number of nitrogens with zero attached hydrogens (tertiary/aromatic N) is 4. The van der Waals surface area contributed by atoms with Crippen LogP contribution in [0.4, 0.5) is 11.8 Å². The molecule has 6 nitrogen and oxygen atoms in total. The third-order valence-corrected chi connectivity index (χ3v) is 5.97. The van der Waals surface area contributed by atoms with Crippen LogP contribution >= 0.6 is 0 Å². The number of nitrogens with one attached hydrogen (secondary N) is 2. The third-order valence-electron chi connectivity index (χ3n) is 5.97. The lowest BCUT2D eigenvalue weighted by Gasteiger charge is -2.41. The van der Waals surface area contributed by atoms with Gasteiger partial charge in [-0.15, -0.1) is 0 Å². The average Bonchev–Trinajstić information content (AvgIpc) is 2.66. The van der Waals surface area contributed by atoms with Gasteiger partial charge in [0.05, 0.1) is 6.20 Å². The van der Waals surface area contributed by atoms with Gasteiger partial charge in [0.2, 0.25) is 5.95 Å². The Morgan fingerprint density at radius 1 is 1.21 bits per heavy atom. The molecule has 28 heavy (non-hydrogen) atoms. The van der Waals surface area contributed by atoms with E-state index in [1.54, 1.807) is 6.20 Å². The van der Waals surface area contributed by atoms with Gasteiger partial charge in [-0.2, -0.15) is 10.2 Å². The van der Waals surface area contributed by atoms with Gasteiger partial charge in [-0.05, 0) is 55.6 Å². The molecule has 0 spiro atoms. The third kappa shape index (κ3) is 4.98. The Labute approximate surface area is 167 Å². The van der Waals surface area contributed by atoms with Gasteiger partial charge in [0.1, 0.15) is 17.5 Å². The van der Waals surface area contributed by atoms with E-state index < -0.39 is 0 Å². The van der Waals surface area contributed by atoms with Crippen molar-refractivity contribution in [1.82, 2.24) is 15.0 Å². The van der Waals surface area contributed by atoms with Crippen LogP contribution in [-0.4, -0.2) is 27.5 Å².